The Kier molecular flexibility index (Phi) is 7.95. The molecule has 0 amide bonds. The fraction of sp³-hybridized carbons (Fsp3) is 0.235. The molecule has 0 aliphatic heterocycles. The van der Waals surface area contributed by atoms with Crippen molar-refractivity contribution < 1.29 is 25.4 Å². The van der Waals surface area contributed by atoms with Gasteiger partial charge in [0.25, 0.3) is 5.69 Å². The summed E-state index contributed by atoms with van der Waals surface area (Å²) < 4.78 is 0. The number of nitriles is 1. The number of azo groups is 1. The average molecular weight is 402 g/mol. The summed E-state index contributed by atoms with van der Waals surface area (Å²) in [5.74, 6) is 0. The topological polar surface area (TPSA) is 177 Å². The molecule has 2 rings (SSSR count). The van der Waals surface area contributed by atoms with Crippen LogP contribution in [0.1, 0.15) is 5.56 Å². The second-order valence-corrected chi connectivity index (χ2v) is 5.60. The Morgan fingerprint density at radius 2 is 1.83 bits per heavy atom. The first-order chi connectivity index (χ1) is 14.0. The summed E-state index contributed by atoms with van der Waals surface area (Å²) in [6.45, 7) is 0.538. The molecule has 0 radical (unpaired) electrons. The summed E-state index contributed by atoms with van der Waals surface area (Å²) in [6.07, 6.45) is 0. The molecule has 29 heavy (non-hydrogen) atoms. The summed E-state index contributed by atoms with van der Waals surface area (Å²) in [5, 5.41) is 55.0. The first kappa shape index (κ1) is 21.7. The summed E-state index contributed by atoms with van der Waals surface area (Å²) in [6, 6.07) is 10.6. The van der Waals surface area contributed by atoms with Gasteiger partial charge in [-0.2, -0.15) is 10.4 Å². The van der Waals surface area contributed by atoms with Gasteiger partial charge in [-0.3, -0.25) is 10.1 Å². The van der Waals surface area contributed by atoms with E-state index in [2.05, 4.69) is 15.2 Å². The number of aliphatic hydroxyl groups is 2. The van der Waals surface area contributed by atoms with Gasteiger partial charge >= 0.3 is 0 Å². The maximum Gasteiger partial charge on any atom is 0.300 e. The standard InChI is InChI=1S/C17H18N6O6/c18-11-12-9-14(21-29-28)10-16(23(26)27)17(12)20-19-13-1-3-15(4-2-13)22(5-7-24)6-8-25/h1-4,9-10,21,24-25,28H,5-8H2. The van der Waals surface area contributed by atoms with Crippen LogP contribution in [0.15, 0.2) is 46.6 Å². The lowest BCUT2D eigenvalue weighted by molar-refractivity contribution is -0.384. The van der Waals surface area contributed by atoms with Crippen molar-refractivity contribution in [3.63, 3.8) is 0 Å². The Balaban J connectivity index is 2.33. The second kappa shape index (κ2) is 10.6. The molecule has 0 atom stereocenters. The van der Waals surface area contributed by atoms with E-state index in [9.17, 15) is 15.4 Å². The van der Waals surface area contributed by atoms with Crippen LogP contribution in [0.4, 0.5) is 28.4 Å². The Hall–Kier alpha value is -3.63. The lowest BCUT2D eigenvalue weighted by Crippen LogP contribution is -2.29. The lowest BCUT2D eigenvalue weighted by atomic mass is 10.1. The predicted molar refractivity (Wildman–Crippen MR) is 102 cm³/mol. The minimum atomic E-state index is -0.734. The molecule has 0 unspecified atom stereocenters. The van der Waals surface area contributed by atoms with E-state index in [1.54, 1.807) is 35.2 Å². The number of nitrogens with one attached hydrogen (secondary N) is 1. The van der Waals surface area contributed by atoms with Crippen LogP contribution in [-0.2, 0) is 4.99 Å². The first-order valence-corrected chi connectivity index (χ1v) is 8.31. The summed E-state index contributed by atoms with van der Waals surface area (Å²) in [7, 11) is 0. The normalized spacial score (nSPS) is 10.7. The molecule has 0 heterocycles. The highest BCUT2D eigenvalue weighted by Crippen LogP contribution is 2.35. The molecule has 12 heteroatoms. The van der Waals surface area contributed by atoms with Crippen molar-refractivity contribution >= 4 is 28.4 Å². The van der Waals surface area contributed by atoms with Crippen LogP contribution in [-0.4, -0.2) is 46.7 Å². The average Bonchev–Trinajstić information content (AvgIpc) is 2.72. The number of nitrogens with zero attached hydrogens (tertiary/aromatic N) is 5. The monoisotopic (exact) mass is 402 g/mol. The maximum absolute atomic E-state index is 11.3. The third-order valence-electron chi connectivity index (χ3n) is 3.79. The van der Waals surface area contributed by atoms with Crippen molar-refractivity contribution in [1.82, 2.24) is 0 Å². The molecule has 0 spiro atoms. The number of hydrogen-bond donors (Lipinski definition) is 4. The number of anilines is 2. The van der Waals surface area contributed by atoms with E-state index in [0.29, 0.717) is 18.8 Å². The molecular formula is C17H18N6O6. The predicted octanol–water partition coefficient (Wildman–Crippen LogP) is 2.49. The van der Waals surface area contributed by atoms with Gasteiger partial charge in [0.15, 0.2) is 5.69 Å². The lowest BCUT2D eigenvalue weighted by Gasteiger charge is -2.22. The molecule has 152 valence electrons. The van der Waals surface area contributed by atoms with Crippen molar-refractivity contribution in [2.75, 3.05) is 36.7 Å². The second-order valence-electron chi connectivity index (χ2n) is 5.60. The Morgan fingerprint density at radius 3 is 2.34 bits per heavy atom. The van der Waals surface area contributed by atoms with Crippen molar-refractivity contribution in [3.8, 4) is 6.07 Å². The molecule has 0 aliphatic carbocycles. The number of nitro benzene ring substituents is 1. The SMILES string of the molecule is N#Cc1cc(NOO)cc([N+](=O)[O-])c1N=Nc1ccc(N(CCO)CCO)cc1. The number of benzene rings is 2. The number of nitro groups is 1. The third-order valence-corrected chi connectivity index (χ3v) is 3.79. The zero-order valence-corrected chi connectivity index (χ0v) is 15.1. The number of hydrogen-bond acceptors (Lipinski definition) is 11. The number of rotatable bonds is 10. The molecule has 0 saturated carbocycles. The van der Waals surface area contributed by atoms with Crippen LogP contribution >= 0.6 is 0 Å². The first-order valence-electron chi connectivity index (χ1n) is 8.31. The van der Waals surface area contributed by atoms with Gasteiger partial charge in [0.05, 0.1) is 35.1 Å². The molecule has 12 nitrogen and oxygen atoms in total. The van der Waals surface area contributed by atoms with E-state index >= 15 is 0 Å². The van der Waals surface area contributed by atoms with Crippen LogP contribution in [0.5, 0.6) is 0 Å². The zero-order valence-electron chi connectivity index (χ0n) is 15.1. The van der Waals surface area contributed by atoms with Gasteiger partial charge in [0, 0.05) is 24.8 Å². The molecule has 0 aliphatic rings. The Labute approximate surface area is 164 Å². The molecule has 0 saturated heterocycles. The molecular weight excluding hydrogens is 384 g/mol. The van der Waals surface area contributed by atoms with Crippen LogP contribution in [0.2, 0.25) is 0 Å². The highest BCUT2D eigenvalue weighted by molar-refractivity contribution is 5.72. The highest BCUT2D eigenvalue weighted by atomic mass is 17.2. The van der Waals surface area contributed by atoms with Gasteiger partial charge in [-0.15, -0.1) is 10.1 Å². The van der Waals surface area contributed by atoms with E-state index in [-0.39, 0.29) is 30.2 Å². The van der Waals surface area contributed by atoms with Gasteiger partial charge in [-0.1, -0.05) is 0 Å². The van der Waals surface area contributed by atoms with Gasteiger partial charge in [-0.25, -0.2) is 10.7 Å². The van der Waals surface area contributed by atoms with Crippen LogP contribution in [0.25, 0.3) is 0 Å². The fourth-order valence-corrected chi connectivity index (χ4v) is 2.51. The highest BCUT2D eigenvalue weighted by Gasteiger charge is 2.20. The van der Waals surface area contributed by atoms with Crippen molar-refractivity contribution in [2.24, 2.45) is 10.2 Å². The third kappa shape index (κ3) is 5.67. The Morgan fingerprint density at radius 1 is 1.17 bits per heavy atom. The van der Waals surface area contributed by atoms with E-state index in [0.717, 1.165) is 11.8 Å². The molecule has 0 bridgehead atoms. The van der Waals surface area contributed by atoms with Gasteiger partial charge in [-0.05, 0) is 30.3 Å². The van der Waals surface area contributed by atoms with Crippen LogP contribution in [0.3, 0.4) is 0 Å². The maximum atomic E-state index is 11.3. The summed E-state index contributed by atoms with van der Waals surface area (Å²) >= 11 is 0. The minimum Gasteiger partial charge on any atom is -0.395 e. The van der Waals surface area contributed by atoms with Gasteiger partial charge in [0.1, 0.15) is 6.07 Å². The zero-order chi connectivity index (χ0) is 21.2. The quantitative estimate of drug-likeness (QED) is 0.201. The smallest absolute Gasteiger partial charge is 0.300 e. The van der Waals surface area contributed by atoms with Crippen molar-refractivity contribution in [2.45, 2.75) is 0 Å². The van der Waals surface area contributed by atoms with E-state index < -0.39 is 10.6 Å². The van der Waals surface area contributed by atoms with Crippen LogP contribution in [0, 0.1) is 21.4 Å². The summed E-state index contributed by atoms with van der Waals surface area (Å²) in [4.78, 5) is 16.1. The molecule has 0 aromatic heterocycles. The van der Waals surface area contributed by atoms with Crippen molar-refractivity contribution in [1.29, 1.82) is 5.26 Å². The molecule has 2 aromatic rings. The largest absolute Gasteiger partial charge is 0.395 e. The van der Waals surface area contributed by atoms with Gasteiger partial charge in [0.2, 0.25) is 0 Å². The summed E-state index contributed by atoms with van der Waals surface area (Å²) in [5.41, 5.74) is 2.23. The minimum absolute atomic E-state index is 0.00749. The van der Waals surface area contributed by atoms with E-state index in [4.69, 9.17) is 15.5 Å². The van der Waals surface area contributed by atoms with Gasteiger partial charge < -0.3 is 15.1 Å². The van der Waals surface area contributed by atoms with Crippen LogP contribution < -0.4 is 10.4 Å². The van der Waals surface area contributed by atoms with E-state index in [1.807, 2.05) is 5.48 Å². The molecule has 4 N–H and O–H groups in total. The Bertz CT molecular complexity index is 906. The fourth-order valence-electron chi connectivity index (χ4n) is 2.51. The molecule has 2 aromatic carbocycles. The van der Waals surface area contributed by atoms with E-state index in [1.165, 1.54) is 6.07 Å². The van der Waals surface area contributed by atoms with Crippen molar-refractivity contribution in [3.05, 3.63) is 52.1 Å². The molecule has 0 fully saturated rings. The number of aliphatic hydroxyl groups excluding tert-OH is 2.